The fraction of sp³-hybridized carbons (Fsp3) is 0.364. The summed E-state index contributed by atoms with van der Waals surface area (Å²) in [6.45, 7) is 5.86. The van der Waals surface area contributed by atoms with Crippen LogP contribution in [0.5, 0.6) is 11.5 Å². The average molecular weight is 385 g/mol. The van der Waals surface area contributed by atoms with Crippen LogP contribution >= 0.6 is 0 Å². The number of benzene rings is 2. The second-order valence-corrected chi connectivity index (χ2v) is 6.61. The molecule has 0 fully saturated rings. The molecule has 28 heavy (non-hydrogen) atoms. The van der Waals surface area contributed by atoms with Crippen LogP contribution in [0.4, 0.5) is 0 Å². The number of carbonyl (C=O) groups is 2. The minimum atomic E-state index is -0.922. The van der Waals surface area contributed by atoms with E-state index in [0.717, 1.165) is 11.1 Å². The maximum atomic E-state index is 12.5. The van der Waals surface area contributed by atoms with Crippen molar-refractivity contribution in [2.45, 2.75) is 32.8 Å². The summed E-state index contributed by atoms with van der Waals surface area (Å²) in [5.41, 5.74) is 2.17. The monoisotopic (exact) mass is 385 g/mol. The van der Waals surface area contributed by atoms with E-state index in [4.69, 9.17) is 14.2 Å². The summed E-state index contributed by atoms with van der Waals surface area (Å²) < 4.78 is 15.9. The number of hydrogen-bond acceptors (Lipinski definition) is 5. The summed E-state index contributed by atoms with van der Waals surface area (Å²) in [6, 6.07) is 13.0. The molecule has 2 aromatic carbocycles. The average Bonchev–Trinajstić information content (AvgIpc) is 2.72. The normalized spacial score (nSPS) is 12.6. The Bertz CT molecular complexity index is 794. The molecule has 2 aromatic rings. The molecule has 0 aromatic heterocycles. The number of rotatable bonds is 8. The largest absolute Gasteiger partial charge is 0.496 e. The van der Waals surface area contributed by atoms with Crippen molar-refractivity contribution in [3.8, 4) is 11.5 Å². The maximum Gasteiger partial charge on any atom is 0.339 e. The van der Waals surface area contributed by atoms with Crippen LogP contribution in [-0.4, -0.2) is 38.7 Å². The highest BCUT2D eigenvalue weighted by atomic mass is 16.5. The van der Waals surface area contributed by atoms with E-state index < -0.39 is 12.1 Å². The summed E-state index contributed by atoms with van der Waals surface area (Å²) >= 11 is 0. The third-order valence-electron chi connectivity index (χ3n) is 4.59. The minimum Gasteiger partial charge on any atom is -0.496 e. The number of nitrogens with one attached hydrogen (secondary N) is 1. The third kappa shape index (κ3) is 5.25. The quantitative estimate of drug-likeness (QED) is 0.704. The lowest BCUT2D eigenvalue weighted by molar-refractivity contribution is -0.129. The zero-order valence-corrected chi connectivity index (χ0v) is 16.9. The van der Waals surface area contributed by atoms with Gasteiger partial charge in [-0.25, -0.2) is 4.79 Å². The highest BCUT2D eigenvalue weighted by Crippen LogP contribution is 2.29. The lowest BCUT2D eigenvalue weighted by Crippen LogP contribution is -2.37. The molecule has 0 aliphatic rings. The number of esters is 1. The fourth-order valence-electron chi connectivity index (χ4n) is 2.78. The zero-order valence-electron chi connectivity index (χ0n) is 16.9. The summed E-state index contributed by atoms with van der Waals surface area (Å²) in [7, 11) is 3.03. The van der Waals surface area contributed by atoms with Gasteiger partial charge < -0.3 is 19.5 Å². The Hall–Kier alpha value is -3.02. The summed E-state index contributed by atoms with van der Waals surface area (Å²) in [6.07, 6.45) is -0.922. The van der Waals surface area contributed by atoms with Gasteiger partial charge in [0.05, 0.1) is 19.8 Å². The van der Waals surface area contributed by atoms with Gasteiger partial charge >= 0.3 is 5.97 Å². The van der Waals surface area contributed by atoms with E-state index in [-0.39, 0.29) is 17.4 Å². The lowest BCUT2D eigenvalue weighted by atomic mass is 10.0. The smallest absolute Gasteiger partial charge is 0.339 e. The Morgan fingerprint density at radius 1 is 1.00 bits per heavy atom. The molecule has 6 heteroatoms. The summed E-state index contributed by atoms with van der Waals surface area (Å²) in [5.74, 6) is 0.219. The van der Waals surface area contributed by atoms with Crippen molar-refractivity contribution in [1.82, 2.24) is 5.32 Å². The van der Waals surface area contributed by atoms with Gasteiger partial charge in [0.25, 0.3) is 5.91 Å². The molecule has 2 rings (SSSR count). The van der Waals surface area contributed by atoms with Crippen molar-refractivity contribution in [2.75, 3.05) is 20.8 Å². The molecule has 0 saturated heterocycles. The van der Waals surface area contributed by atoms with E-state index in [9.17, 15) is 9.59 Å². The van der Waals surface area contributed by atoms with Gasteiger partial charge in [0.2, 0.25) is 0 Å². The van der Waals surface area contributed by atoms with E-state index in [1.54, 1.807) is 19.1 Å². The van der Waals surface area contributed by atoms with Crippen LogP contribution < -0.4 is 14.8 Å². The van der Waals surface area contributed by atoms with Gasteiger partial charge in [-0.3, -0.25) is 4.79 Å². The molecule has 2 atom stereocenters. The van der Waals surface area contributed by atoms with Crippen LogP contribution in [0.25, 0.3) is 0 Å². The lowest BCUT2D eigenvalue weighted by Gasteiger charge is -2.17. The molecule has 1 N–H and O–H groups in total. The predicted octanol–water partition coefficient (Wildman–Crippen LogP) is 3.48. The molecule has 0 radical (unpaired) electrons. The van der Waals surface area contributed by atoms with Gasteiger partial charge in [-0.1, -0.05) is 37.3 Å². The van der Waals surface area contributed by atoms with Crippen LogP contribution in [0, 0.1) is 6.92 Å². The van der Waals surface area contributed by atoms with E-state index >= 15 is 0 Å². The molecule has 1 amide bonds. The molecule has 150 valence electrons. The first kappa shape index (κ1) is 21.3. The van der Waals surface area contributed by atoms with Gasteiger partial charge in [0.1, 0.15) is 11.5 Å². The van der Waals surface area contributed by atoms with E-state index in [2.05, 4.69) is 5.32 Å². The van der Waals surface area contributed by atoms with Crippen molar-refractivity contribution in [3.05, 3.63) is 59.2 Å². The predicted molar refractivity (Wildman–Crippen MR) is 107 cm³/mol. The Morgan fingerprint density at radius 3 is 2.11 bits per heavy atom. The first-order chi connectivity index (χ1) is 13.4. The molecular weight excluding hydrogens is 358 g/mol. The first-order valence-corrected chi connectivity index (χ1v) is 9.13. The number of ether oxygens (including phenoxy) is 3. The first-order valence-electron chi connectivity index (χ1n) is 9.13. The summed E-state index contributed by atoms with van der Waals surface area (Å²) in [4.78, 5) is 24.8. The SMILES string of the molecule is COc1cc(C(=O)OC(C)C(=O)NCC(C)c2ccccc2)cc(OC)c1C. The van der Waals surface area contributed by atoms with Gasteiger partial charge in [-0.05, 0) is 37.5 Å². The Kier molecular flexibility index (Phi) is 7.44. The topological polar surface area (TPSA) is 73.9 Å². The standard InChI is InChI=1S/C22H27NO5/c1-14(17-9-7-6-8-10-17)13-23-21(24)16(3)28-22(25)18-11-19(26-4)15(2)20(12-18)27-5/h6-12,14,16H,13H2,1-5H3,(H,23,24). The van der Waals surface area contributed by atoms with Gasteiger partial charge in [0, 0.05) is 12.1 Å². The molecule has 6 nitrogen and oxygen atoms in total. The van der Waals surface area contributed by atoms with Crippen molar-refractivity contribution >= 4 is 11.9 Å². The number of methoxy groups -OCH3 is 2. The summed E-state index contributed by atoms with van der Waals surface area (Å²) in [5, 5.41) is 2.83. The van der Waals surface area contributed by atoms with Crippen LogP contribution in [-0.2, 0) is 9.53 Å². The number of carbonyl (C=O) groups excluding carboxylic acids is 2. The molecular formula is C22H27NO5. The molecule has 0 aliphatic carbocycles. The number of hydrogen-bond donors (Lipinski definition) is 1. The Balaban J connectivity index is 1.97. The fourth-order valence-corrected chi connectivity index (χ4v) is 2.78. The Morgan fingerprint density at radius 2 is 1.57 bits per heavy atom. The van der Waals surface area contributed by atoms with Crippen molar-refractivity contribution in [3.63, 3.8) is 0 Å². The minimum absolute atomic E-state index is 0.152. The highest BCUT2D eigenvalue weighted by Gasteiger charge is 2.21. The zero-order chi connectivity index (χ0) is 20.7. The van der Waals surface area contributed by atoms with Gasteiger partial charge in [-0.15, -0.1) is 0 Å². The van der Waals surface area contributed by atoms with E-state index in [1.165, 1.54) is 14.2 Å². The van der Waals surface area contributed by atoms with Crippen molar-refractivity contribution < 1.29 is 23.8 Å². The Labute approximate surface area is 165 Å². The molecule has 0 bridgehead atoms. The number of amides is 1. The molecule has 0 aliphatic heterocycles. The van der Waals surface area contributed by atoms with Crippen LogP contribution in [0.1, 0.15) is 41.3 Å². The van der Waals surface area contributed by atoms with Crippen LogP contribution in [0.15, 0.2) is 42.5 Å². The van der Waals surface area contributed by atoms with Crippen LogP contribution in [0.2, 0.25) is 0 Å². The third-order valence-corrected chi connectivity index (χ3v) is 4.59. The maximum absolute atomic E-state index is 12.5. The van der Waals surface area contributed by atoms with E-state index in [1.807, 2.05) is 44.2 Å². The molecule has 0 heterocycles. The second-order valence-electron chi connectivity index (χ2n) is 6.61. The van der Waals surface area contributed by atoms with E-state index in [0.29, 0.717) is 18.0 Å². The molecule has 0 spiro atoms. The second kappa shape index (κ2) is 9.78. The molecule has 2 unspecified atom stereocenters. The van der Waals surface area contributed by atoms with Gasteiger partial charge in [-0.2, -0.15) is 0 Å². The van der Waals surface area contributed by atoms with Crippen LogP contribution in [0.3, 0.4) is 0 Å². The van der Waals surface area contributed by atoms with Crippen molar-refractivity contribution in [1.29, 1.82) is 0 Å². The molecule has 0 saturated carbocycles. The van der Waals surface area contributed by atoms with Gasteiger partial charge in [0.15, 0.2) is 6.10 Å². The highest BCUT2D eigenvalue weighted by molar-refractivity contribution is 5.93. The van der Waals surface area contributed by atoms with Crippen molar-refractivity contribution in [2.24, 2.45) is 0 Å².